The van der Waals surface area contributed by atoms with Gasteiger partial charge in [-0.3, -0.25) is 9.69 Å². The molecule has 0 aromatic carbocycles. The van der Waals surface area contributed by atoms with Crippen LogP contribution < -0.4 is 0 Å². The number of oxazole rings is 1. The van der Waals surface area contributed by atoms with Crippen molar-refractivity contribution in [2.75, 3.05) is 20.2 Å². The van der Waals surface area contributed by atoms with Gasteiger partial charge in [0.2, 0.25) is 11.8 Å². The third-order valence-corrected chi connectivity index (χ3v) is 6.92. The van der Waals surface area contributed by atoms with Crippen LogP contribution in [-0.4, -0.2) is 58.9 Å². The van der Waals surface area contributed by atoms with E-state index in [1.807, 2.05) is 0 Å². The summed E-state index contributed by atoms with van der Waals surface area (Å²) in [7, 11) is 1.34. The number of aromatic nitrogens is 1. The molecule has 2 bridgehead atoms. The molecule has 29 heavy (non-hydrogen) atoms. The number of carbonyl (C=O) groups is 2. The third kappa shape index (κ3) is 4.20. The number of hydrogen-bond donors (Lipinski definition) is 0. The molecule has 3 aliphatic rings. The summed E-state index contributed by atoms with van der Waals surface area (Å²) >= 11 is 0. The van der Waals surface area contributed by atoms with Crippen molar-refractivity contribution in [1.82, 2.24) is 14.8 Å². The van der Waals surface area contributed by atoms with Crippen LogP contribution in [-0.2, 0) is 16.1 Å². The second kappa shape index (κ2) is 8.46. The van der Waals surface area contributed by atoms with E-state index in [-0.39, 0.29) is 5.69 Å². The zero-order chi connectivity index (χ0) is 20.5. The van der Waals surface area contributed by atoms with Crippen molar-refractivity contribution < 1.29 is 18.7 Å². The topological polar surface area (TPSA) is 75.9 Å². The molecular formula is C22H33N3O4. The van der Waals surface area contributed by atoms with Gasteiger partial charge in [0.05, 0.1) is 13.7 Å². The number of carbonyl (C=O) groups excluding carboxylic acids is 2. The van der Waals surface area contributed by atoms with Crippen molar-refractivity contribution in [2.24, 2.45) is 17.8 Å². The van der Waals surface area contributed by atoms with E-state index in [0.29, 0.717) is 54.6 Å². The number of methoxy groups -OCH3 is 1. The van der Waals surface area contributed by atoms with Gasteiger partial charge in [-0.2, -0.15) is 0 Å². The number of esters is 1. The van der Waals surface area contributed by atoms with Crippen molar-refractivity contribution in [2.45, 2.75) is 71.0 Å². The van der Waals surface area contributed by atoms with Gasteiger partial charge in [0.1, 0.15) is 6.26 Å². The van der Waals surface area contributed by atoms with Crippen LogP contribution in [0.1, 0.15) is 68.8 Å². The van der Waals surface area contributed by atoms with E-state index in [2.05, 4.69) is 28.6 Å². The van der Waals surface area contributed by atoms with Crippen molar-refractivity contribution in [3.63, 3.8) is 0 Å². The zero-order valence-electron chi connectivity index (χ0n) is 17.8. The van der Waals surface area contributed by atoms with Crippen LogP contribution in [0, 0.1) is 17.8 Å². The maximum absolute atomic E-state index is 12.8. The number of piperidine rings is 3. The Labute approximate surface area is 172 Å². The van der Waals surface area contributed by atoms with E-state index in [9.17, 15) is 9.59 Å². The third-order valence-electron chi connectivity index (χ3n) is 6.92. The molecule has 7 heteroatoms. The monoisotopic (exact) mass is 403 g/mol. The summed E-state index contributed by atoms with van der Waals surface area (Å²) in [5.74, 6) is 2.12. The van der Waals surface area contributed by atoms with Crippen LogP contribution in [0.25, 0.3) is 0 Å². The smallest absolute Gasteiger partial charge is 0.360 e. The van der Waals surface area contributed by atoms with Gasteiger partial charge in [-0.15, -0.1) is 0 Å². The summed E-state index contributed by atoms with van der Waals surface area (Å²) in [6.45, 7) is 7.02. The summed E-state index contributed by atoms with van der Waals surface area (Å²) in [5, 5.41) is 0. The highest BCUT2D eigenvalue weighted by Gasteiger charge is 2.49. The van der Waals surface area contributed by atoms with E-state index in [1.54, 1.807) is 0 Å². The van der Waals surface area contributed by atoms with E-state index >= 15 is 0 Å². The minimum absolute atomic E-state index is 0.221. The van der Waals surface area contributed by atoms with Gasteiger partial charge in [0.25, 0.3) is 0 Å². The molecule has 0 spiro atoms. The largest absolute Gasteiger partial charge is 0.464 e. The molecule has 1 amide bonds. The highest BCUT2D eigenvalue weighted by atomic mass is 16.5. The molecule has 0 saturated carbocycles. The van der Waals surface area contributed by atoms with Gasteiger partial charge < -0.3 is 14.1 Å². The molecule has 1 aromatic heterocycles. The first-order valence-electron chi connectivity index (χ1n) is 11.0. The standard InChI is InChI=1S/C22H33N3O4/c1-14(2)7-8-19-16-9-15(18-5-4-6-21(26)25(18)19)10-24(11-16)12-20-23-17(13-29-20)22(27)28-3/h13-16,18-19H,4-12H2,1-3H3/t15-,16+,18+,19+/m1/s1. The summed E-state index contributed by atoms with van der Waals surface area (Å²) in [4.78, 5) is 33.5. The fraction of sp³-hybridized carbons (Fsp3) is 0.773. The lowest BCUT2D eigenvalue weighted by Crippen LogP contribution is -2.64. The highest BCUT2D eigenvalue weighted by molar-refractivity contribution is 5.86. The lowest BCUT2D eigenvalue weighted by molar-refractivity contribution is -0.153. The van der Waals surface area contributed by atoms with Crippen molar-refractivity contribution >= 4 is 11.9 Å². The number of amides is 1. The number of likely N-dealkylation sites (tertiary alicyclic amines) is 1. The molecule has 3 fully saturated rings. The van der Waals surface area contributed by atoms with Gasteiger partial charge in [-0.05, 0) is 49.9 Å². The first-order chi connectivity index (χ1) is 14.0. The first kappa shape index (κ1) is 20.4. The van der Waals surface area contributed by atoms with Crippen molar-refractivity contribution in [1.29, 1.82) is 0 Å². The Morgan fingerprint density at radius 3 is 2.90 bits per heavy atom. The predicted molar refractivity (Wildman–Crippen MR) is 107 cm³/mol. The minimum Gasteiger partial charge on any atom is -0.464 e. The Balaban J connectivity index is 1.49. The molecule has 4 rings (SSSR count). The zero-order valence-corrected chi connectivity index (χ0v) is 17.8. The fourth-order valence-electron chi connectivity index (χ4n) is 5.65. The average molecular weight is 404 g/mol. The molecule has 0 unspecified atom stereocenters. The van der Waals surface area contributed by atoms with Crippen LogP contribution in [0.4, 0.5) is 0 Å². The van der Waals surface area contributed by atoms with Crippen LogP contribution >= 0.6 is 0 Å². The van der Waals surface area contributed by atoms with E-state index in [1.165, 1.54) is 19.8 Å². The Bertz CT molecular complexity index is 746. The molecule has 160 valence electrons. The van der Waals surface area contributed by atoms with Crippen LogP contribution in [0.3, 0.4) is 0 Å². The van der Waals surface area contributed by atoms with Crippen molar-refractivity contribution in [3.8, 4) is 0 Å². The second-order valence-corrected chi connectivity index (χ2v) is 9.37. The number of fused-ring (bicyclic) bond motifs is 4. The van der Waals surface area contributed by atoms with Gasteiger partial charge >= 0.3 is 5.97 Å². The normalized spacial score (nSPS) is 29.8. The fourth-order valence-corrected chi connectivity index (χ4v) is 5.65. The highest BCUT2D eigenvalue weighted by Crippen LogP contribution is 2.43. The molecule has 7 nitrogen and oxygen atoms in total. The maximum atomic E-state index is 12.8. The van der Waals surface area contributed by atoms with Crippen molar-refractivity contribution in [3.05, 3.63) is 17.8 Å². The summed E-state index contributed by atoms with van der Waals surface area (Å²) < 4.78 is 10.2. The molecule has 0 radical (unpaired) electrons. The van der Waals surface area contributed by atoms with Gasteiger partial charge in [-0.1, -0.05) is 13.8 Å². The summed E-state index contributed by atoms with van der Waals surface area (Å²) in [6, 6.07) is 0.729. The Morgan fingerprint density at radius 2 is 2.14 bits per heavy atom. The molecule has 4 atom stereocenters. The SMILES string of the molecule is COC(=O)c1coc(CN2C[C@H]3C[C@@H](C2)[C@H](CCC(C)C)N2C(=O)CCC[C@@H]32)n1. The second-order valence-electron chi connectivity index (χ2n) is 9.37. The van der Waals surface area contributed by atoms with E-state index < -0.39 is 5.97 Å². The Hall–Kier alpha value is -1.89. The quantitative estimate of drug-likeness (QED) is 0.680. The van der Waals surface area contributed by atoms with Gasteiger partial charge in [0, 0.05) is 31.6 Å². The number of nitrogens with zero attached hydrogens (tertiary/aromatic N) is 3. The molecule has 0 N–H and O–H groups in total. The number of hydrogen-bond acceptors (Lipinski definition) is 6. The molecule has 1 aromatic rings. The van der Waals surface area contributed by atoms with Gasteiger partial charge in [0.15, 0.2) is 5.69 Å². The lowest BCUT2D eigenvalue weighted by atomic mass is 9.71. The van der Waals surface area contributed by atoms with E-state index in [4.69, 9.17) is 9.15 Å². The average Bonchev–Trinajstić information content (AvgIpc) is 3.16. The maximum Gasteiger partial charge on any atom is 0.360 e. The predicted octanol–water partition coefficient (Wildman–Crippen LogP) is 3.10. The lowest BCUT2D eigenvalue weighted by Gasteiger charge is -2.56. The van der Waals surface area contributed by atoms with Crippen LogP contribution in [0.15, 0.2) is 10.7 Å². The van der Waals surface area contributed by atoms with Gasteiger partial charge in [-0.25, -0.2) is 9.78 Å². The number of rotatable bonds is 6. The van der Waals surface area contributed by atoms with E-state index in [0.717, 1.165) is 38.8 Å². The molecule has 3 saturated heterocycles. The molecule has 0 aliphatic carbocycles. The summed E-state index contributed by atoms with van der Waals surface area (Å²) in [6.07, 6.45) is 7.69. The Morgan fingerprint density at radius 1 is 1.34 bits per heavy atom. The minimum atomic E-state index is -0.472. The first-order valence-corrected chi connectivity index (χ1v) is 11.0. The van der Waals surface area contributed by atoms with Crippen LogP contribution in [0.5, 0.6) is 0 Å². The molecule has 3 aliphatic heterocycles. The molecule has 4 heterocycles. The van der Waals surface area contributed by atoms with Crippen LogP contribution in [0.2, 0.25) is 0 Å². The Kier molecular flexibility index (Phi) is 5.95. The summed E-state index contributed by atoms with van der Waals surface area (Å²) in [5.41, 5.74) is 0.221. The molecular weight excluding hydrogens is 370 g/mol. The number of ether oxygens (including phenoxy) is 1.